The van der Waals surface area contributed by atoms with Crippen LogP contribution in [0.2, 0.25) is 0 Å². The highest BCUT2D eigenvalue weighted by Gasteiger charge is 2.35. The Morgan fingerprint density at radius 3 is 2.81 bits per heavy atom. The minimum Gasteiger partial charge on any atom is -0.508 e. The van der Waals surface area contributed by atoms with Gasteiger partial charge in [0.25, 0.3) is 5.91 Å². The van der Waals surface area contributed by atoms with E-state index in [1.807, 2.05) is 30.3 Å². The van der Waals surface area contributed by atoms with Crippen LogP contribution in [0.15, 0.2) is 53.1 Å². The Morgan fingerprint density at radius 2 is 2.00 bits per heavy atom. The van der Waals surface area contributed by atoms with E-state index in [0.29, 0.717) is 29.4 Å². The van der Waals surface area contributed by atoms with Gasteiger partial charge in [0, 0.05) is 23.2 Å². The summed E-state index contributed by atoms with van der Waals surface area (Å²) in [6.07, 6.45) is 1.65. The number of aromatic nitrogens is 2. The van der Waals surface area contributed by atoms with Gasteiger partial charge in [0.2, 0.25) is 11.7 Å². The van der Waals surface area contributed by atoms with E-state index in [0.717, 1.165) is 18.4 Å². The minimum atomic E-state index is -0.241. The highest BCUT2D eigenvalue weighted by Crippen LogP contribution is 2.34. The van der Waals surface area contributed by atoms with Gasteiger partial charge in [-0.3, -0.25) is 4.79 Å². The van der Waals surface area contributed by atoms with Crippen molar-refractivity contribution in [2.24, 2.45) is 0 Å². The Balaban J connectivity index is 1.62. The summed E-state index contributed by atoms with van der Waals surface area (Å²) >= 11 is 0. The predicted octanol–water partition coefficient (Wildman–Crippen LogP) is 3.73. The van der Waals surface area contributed by atoms with Crippen LogP contribution in [0.1, 0.15) is 40.7 Å². The van der Waals surface area contributed by atoms with E-state index >= 15 is 0 Å². The van der Waals surface area contributed by atoms with Gasteiger partial charge in [-0.05, 0) is 31.9 Å². The zero-order valence-corrected chi connectivity index (χ0v) is 14.4. The van der Waals surface area contributed by atoms with Gasteiger partial charge in [0.15, 0.2) is 0 Å². The molecule has 2 aromatic carbocycles. The molecule has 6 heteroatoms. The zero-order valence-electron chi connectivity index (χ0n) is 14.4. The molecule has 4 rings (SSSR count). The molecule has 1 unspecified atom stereocenters. The number of benzene rings is 2. The van der Waals surface area contributed by atoms with Gasteiger partial charge < -0.3 is 14.5 Å². The maximum atomic E-state index is 13.0. The summed E-state index contributed by atoms with van der Waals surface area (Å²) in [6.45, 7) is 2.37. The van der Waals surface area contributed by atoms with Crippen LogP contribution < -0.4 is 0 Å². The molecule has 1 N–H and O–H groups in total. The number of phenolic OH excluding ortho intramolecular Hbond substituents is 1. The summed E-state index contributed by atoms with van der Waals surface area (Å²) < 4.78 is 5.47. The first-order valence-corrected chi connectivity index (χ1v) is 8.63. The van der Waals surface area contributed by atoms with Crippen LogP contribution in [0.3, 0.4) is 0 Å². The first-order valence-electron chi connectivity index (χ1n) is 8.63. The summed E-state index contributed by atoms with van der Waals surface area (Å²) in [6, 6.07) is 14.4. The molecule has 3 aromatic rings. The van der Waals surface area contributed by atoms with E-state index in [-0.39, 0.29) is 17.7 Å². The molecule has 0 aliphatic carbocycles. The lowest BCUT2D eigenvalue weighted by Crippen LogP contribution is -2.31. The summed E-state index contributed by atoms with van der Waals surface area (Å²) in [5.74, 6) is 0.969. The lowest BCUT2D eigenvalue weighted by Gasteiger charge is -2.22. The normalized spacial score (nSPS) is 16.8. The van der Waals surface area contributed by atoms with Gasteiger partial charge in [0.1, 0.15) is 11.8 Å². The third kappa shape index (κ3) is 2.83. The van der Waals surface area contributed by atoms with Crippen molar-refractivity contribution < 1.29 is 14.4 Å². The number of aromatic hydroxyl groups is 1. The molecule has 1 fully saturated rings. The second-order valence-electron chi connectivity index (χ2n) is 6.43. The first-order chi connectivity index (χ1) is 12.6. The molecule has 2 heterocycles. The molecule has 0 radical (unpaired) electrons. The van der Waals surface area contributed by atoms with Gasteiger partial charge in [-0.1, -0.05) is 41.6 Å². The molecule has 6 nitrogen and oxygen atoms in total. The monoisotopic (exact) mass is 349 g/mol. The Hall–Kier alpha value is -3.15. The molecule has 1 aliphatic heterocycles. The van der Waals surface area contributed by atoms with Gasteiger partial charge in [-0.25, -0.2) is 0 Å². The molecule has 1 atom stereocenters. The van der Waals surface area contributed by atoms with E-state index in [1.54, 1.807) is 30.0 Å². The van der Waals surface area contributed by atoms with Gasteiger partial charge in [-0.2, -0.15) is 4.98 Å². The molecule has 1 aliphatic rings. The number of rotatable bonds is 3. The maximum absolute atomic E-state index is 13.0. The van der Waals surface area contributed by atoms with Crippen molar-refractivity contribution in [2.45, 2.75) is 25.8 Å². The van der Waals surface area contributed by atoms with Crippen molar-refractivity contribution in [3.63, 3.8) is 0 Å². The van der Waals surface area contributed by atoms with E-state index in [4.69, 9.17) is 4.52 Å². The highest BCUT2D eigenvalue weighted by molar-refractivity contribution is 5.96. The lowest BCUT2D eigenvalue weighted by molar-refractivity contribution is 0.0709. The van der Waals surface area contributed by atoms with Crippen molar-refractivity contribution in [1.82, 2.24) is 15.0 Å². The molecular weight excluding hydrogens is 330 g/mol. The van der Waals surface area contributed by atoms with Gasteiger partial charge in [-0.15, -0.1) is 0 Å². The summed E-state index contributed by atoms with van der Waals surface area (Å²) in [5, 5.41) is 14.0. The Kier molecular flexibility index (Phi) is 4.16. The topological polar surface area (TPSA) is 79.5 Å². The molecule has 1 saturated heterocycles. The van der Waals surface area contributed by atoms with E-state index in [2.05, 4.69) is 10.1 Å². The molecule has 0 bridgehead atoms. The van der Waals surface area contributed by atoms with Crippen LogP contribution in [-0.2, 0) is 0 Å². The summed E-state index contributed by atoms with van der Waals surface area (Å²) in [7, 11) is 0. The van der Waals surface area contributed by atoms with Crippen LogP contribution in [0.25, 0.3) is 11.4 Å². The fourth-order valence-corrected chi connectivity index (χ4v) is 3.35. The highest BCUT2D eigenvalue weighted by atomic mass is 16.5. The van der Waals surface area contributed by atoms with Gasteiger partial charge >= 0.3 is 0 Å². The number of likely N-dealkylation sites (tertiary alicyclic amines) is 1. The average Bonchev–Trinajstić information content (AvgIpc) is 3.33. The molecule has 0 spiro atoms. The third-order valence-electron chi connectivity index (χ3n) is 4.81. The van der Waals surface area contributed by atoms with Crippen LogP contribution in [0.4, 0.5) is 0 Å². The number of carbonyl (C=O) groups is 1. The number of hydrogen-bond donors (Lipinski definition) is 1. The second kappa shape index (κ2) is 6.63. The van der Waals surface area contributed by atoms with Crippen LogP contribution in [-0.4, -0.2) is 32.6 Å². The molecule has 1 amide bonds. The molecular formula is C20H19N3O3. The fraction of sp³-hybridized carbons (Fsp3) is 0.250. The van der Waals surface area contributed by atoms with Crippen LogP contribution in [0, 0.1) is 6.92 Å². The molecule has 1 aromatic heterocycles. The quantitative estimate of drug-likeness (QED) is 0.779. The second-order valence-corrected chi connectivity index (χ2v) is 6.43. The minimum absolute atomic E-state index is 0.121. The average molecular weight is 349 g/mol. The number of nitrogens with zero attached hydrogens (tertiary/aromatic N) is 3. The van der Waals surface area contributed by atoms with Crippen molar-refractivity contribution in [3.05, 3.63) is 65.5 Å². The van der Waals surface area contributed by atoms with Crippen molar-refractivity contribution in [2.75, 3.05) is 6.54 Å². The van der Waals surface area contributed by atoms with E-state index < -0.39 is 0 Å². The van der Waals surface area contributed by atoms with Crippen molar-refractivity contribution in [3.8, 4) is 17.1 Å². The Labute approximate surface area is 151 Å². The number of carbonyl (C=O) groups excluding carboxylic acids is 1. The Bertz CT molecular complexity index is 936. The zero-order chi connectivity index (χ0) is 18.1. The van der Waals surface area contributed by atoms with Crippen molar-refractivity contribution in [1.29, 1.82) is 0 Å². The summed E-state index contributed by atoms with van der Waals surface area (Å²) in [5.41, 5.74) is 1.96. The maximum Gasteiger partial charge on any atom is 0.254 e. The third-order valence-corrected chi connectivity index (χ3v) is 4.81. The number of amides is 1. The van der Waals surface area contributed by atoms with Gasteiger partial charge in [0.05, 0.1) is 0 Å². The smallest absolute Gasteiger partial charge is 0.254 e. The first kappa shape index (κ1) is 16.3. The van der Waals surface area contributed by atoms with Crippen LogP contribution in [0.5, 0.6) is 5.75 Å². The summed E-state index contributed by atoms with van der Waals surface area (Å²) in [4.78, 5) is 19.3. The van der Waals surface area contributed by atoms with Crippen molar-refractivity contribution >= 4 is 5.91 Å². The predicted molar refractivity (Wildman–Crippen MR) is 95.6 cm³/mol. The molecule has 132 valence electrons. The largest absolute Gasteiger partial charge is 0.508 e. The molecule has 0 saturated carbocycles. The Morgan fingerprint density at radius 1 is 1.19 bits per heavy atom. The van der Waals surface area contributed by atoms with E-state index in [9.17, 15) is 9.90 Å². The lowest BCUT2D eigenvalue weighted by atomic mass is 10.1. The SMILES string of the molecule is Cc1c(O)cccc1C(=O)N1CCCC1c1nc(-c2ccccc2)no1. The number of phenols is 1. The van der Waals surface area contributed by atoms with Crippen LogP contribution >= 0.6 is 0 Å². The fourth-order valence-electron chi connectivity index (χ4n) is 3.35. The number of hydrogen-bond acceptors (Lipinski definition) is 5. The standard InChI is InChI=1S/C20H19N3O3/c1-13-15(9-5-11-17(13)24)20(25)23-12-6-10-16(23)19-21-18(22-26-19)14-7-3-2-4-8-14/h2-5,7-9,11,16,24H,6,10,12H2,1H3. The molecule has 26 heavy (non-hydrogen) atoms. The van der Waals surface area contributed by atoms with E-state index in [1.165, 1.54) is 0 Å².